The number of aromatic nitrogens is 1. The second-order valence-electron chi connectivity index (χ2n) is 4.11. The fourth-order valence-corrected chi connectivity index (χ4v) is 2.17. The topological polar surface area (TPSA) is 99.6 Å². The van der Waals surface area contributed by atoms with E-state index >= 15 is 0 Å². The van der Waals surface area contributed by atoms with Crippen molar-refractivity contribution < 1.29 is 18.3 Å². The molecule has 108 valence electrons. The highest BCUT2D eigenvalue weighted by atomic mass is 32.2. The molecule has 0 saturated heterocycles. The number of sulfonamides is 1. The number of hydrogen-bond acceptors (Lipinski definition) is 5. The van der Waals surface area contributed by atoms with Gasteiger partial charge in [-0.1, -0.05) is 0 Å². The van der Waals surface area contributed by atoms with Crippen LogP contribution < -0.4 is 5.32 Å². The number of nitrogens with zero attached hydrogens (tertiary/aromatic N) is 2. The molecule has 1 heterocycles. The average molecular weight is 297 g/mol. The minimum atomic E-state index is -3.55. The van der Waals surface area contributed by atoms with Crippen molar-refractivity contribution in [1.29, 1.82) is 0 Å². The number of anilines is 1. The second kappa shape index (κ2) is 6.36. The number of carboxylic acids is 1. The number of aliphatic carboxylic acids is 1. The summed E-state index contributed by atoms with van der Waals surface area (Å²) in [6.07, 6.45) is 6.23. The van der Waals surface area contributed by atoms with E-state index in [-0.39, 0.29) is 17.1 Å². The average Bonchev–Trinajstić information content (AvgIpc) is 2.38. The van der Waals surface area contributed by atoms with Crippen LogP contribution in [0.5, 0.6) is 0 Å². The molecule has 0 aliphatic carbocycles. The summed E-state index contributed by atoms with van der Waals surface area (Å²) in [5.74, 6) is 1.39. The van der Waals surface area contributed by atoms with Crippen LogP contribution in [0.4, 0.5) is 5.82 Å². The minimum Gasteiger partial charge on any atom is -0.480 e. The summed E-state index contributed by atoms with van der Waals surface area (Å²) in [6.45, 7) is 0. The van der Waals surface area contributed by atoms with Gasteiger partial charge in [0.25, 0.3) is 0 Å². The van der Waals surface area contributed by atoms with E-state index in [0.29, 0.717) is 0 Å². The molecule has 0 saturated carbocycles. The number of carbonyl (C=O) groups is 1. The molecule has 0 aliphatic rings. The third-order valence-corrected chi connectivity index (χ3v) is 4.26. The largest absolute Gasteiger partial charge is 0.480 e. The molecule has 7 nitrogen and oxygen atoms in total. The van der Waals surface area contributed by atoms with Crippen molar-refractivity contribution in [3.63, 3.8) is 0 Å². The summed E-state index contributed by atoms with van der Waals surface area (Å²) < 4.78 is 24.7. The first-order chi connectivity index (χ1) is 9.28. The Hall–Kier alpha value is -2.11. The molecule has 8 heteroatoms. The van der Waals surface area contributed by atoms with Gasteiger partial charge in [0, 0.05) is 26.7 Å². The zero-order valence-electron chi connectivity index (χ0n) is 11.1. The lowest BCUT2D eigenvalue weighted by molar-refractivity contribution is -0.137. The fraction of sp³-hybridized carbons (Fsp3) is 0.333. The maximum atomic E-state index is 11.8. The lowest BCUT2D eigenvalue weighted by Crippen LogP contribution is -2.29. The Morgan fingerprint density at radius 1 is 1.55 bits per heavy atom. The highest BCUT2D eigenvalue weighted by Crippen LogP contribution is 2.14. The number of hydrogen-bond donors (Lipinski definition) is 2. The summed E-state index contributed by atoms with van der Waals surface area (Å²) in [7, 11) is -0.731. The van der Waals surface area contributed by atoms with Gasteiger partial charge in [0.15, 0.2) is 0 Å². The van der Waals surface area contributed by atoms with Gasteiger partial charge in [0.1, 0.15) is 16.8 Å². The molecule has 1 aromatic rings. The molecule has 0 amide bonds. The maximum absolute atomic E-state index is 11.8. The van der Waals surface area contributed by atoms with Crippen LogP contribution in [-0.4, -0.2) is 48.9 Å². The Bertz CT molecular complexity index is 617. The molecule has 0 bridgehead atoms. The van der Waals surface area contributed by atoms with Crippen molar-refractivity contribution in [2.45, 2.75) is 17.4 Å². The van der Waals surface area contributed by atoms with Gasteiger partial charge in [-0.25, -0.2) is 22.5 Å². The van der Waals surface area contributed by atoms with Crippen LogP contribution in [-0.2, 0) is 14.8 Å². The Balaban J connectivity index is 2.93. The number of terminal acetylenes is 1. The Kier molecular flexibility index (Phi) is 5.07. The number of pyridine rings is 1. The lowest BCUT2D eigenvalue weighted by Gasteiger charge is -2.14. The molecule has 1 rings (SSSR count). The van der Waals surface area contributed by atoms with Gasteiger partial charge in [-0.05, 0) is 12.1 Å². The monoisotopic (exact) mass is 297 g/mol. The molecule has 2 N–H and O–H groups in total. The van der Waals surface area contributed by atoms with Crippen LogP contribution in [0.3, 0.4) is 0 Å². The molecular formula is C12H15N3O4S. The van der Waals surface area contributed by atoms with Gasteiger partial charge in [-0.3, -0.25) is 0 Å². The molecule has 0 spiro atoms. The summed E-state index contributed by atoms with van der Waals surface area (Å²) in [4.78, 5) is 14.8. The summed E-state index contributed by atoms with van der Waals surface area (Å²) >= 11 is 0. The van der Waals surface area contributed by atoms with E-state index in [1.165, 1.54) is 26.2 Å². The molecule has 0 radical (unpaired) electrons. The molecule has 1 aromatic heterocycles. The normalized spacial score (nSPS) is 12.7. The van der Waals surface area contributed by atoms with Crippen molar-refractivity contribution in [1.82, 2.24) is 9.29 Å². The highest BCUT2D eigenvalue weighted by molar-refractivity contribution is 7.89. The Labute approximate surface area is 117 Å². The predicted molar refractivity (Wildman–Crippen MR) is 73.6 cm³/mol. The summed E-state index contributed by atoms with van der Waals surface area (Å²) in [6, 6.07) is 1.77. The van der Waals surface area contributed by atoms with Crippen molar-refractivity contribution in [3.05, 3.63) is 18.3 Å². The fourth-order valence-electron chi connectivity index (χ4n) is 1.33. The second-order valence-corrected chi connectivity index (χ2v) is 6.26. The summed E-state index contributed by atoms with van der Waals surface area (Å²) in [5.41, 5.74) is 0. The van der Waals surface area contributed by atoms with E-state index in [1.54, 1.807) is 0 Å². The summed E-state index contributed by atoms with van der Waals surface area (Å²) in [5, 5.41) is 11.6. The molecule has 1 unspecified atom stereocenters. The number of nitrogens with one attached hydrogen (secondary N) is 1. The van der Waals surface area contributed by atoms with E-state index in [2.05, 4.69) is 16.2 Å². The Morgan fingerprint density at radius 3 is 2.60 bits per heavy atom. The number of carboxylic acid groups (broad SMARTS) is 1. The van der Waals surface area contributed by atoms with Crippen molar-refractivity contribution in [2.24, 2.45) is 0 Å². The van der Waals surface area contributed by atoms with Gasteiger partial charge in [-0.15, -0.1) is 12.3 Å². The van der Waals surface area contributed by atoms with Gasteiger partial charge >= 0.3 is 5.97 Å². The number of rotatable bonds is 6. The lowest BCUT2D eigenvalue weighted by atomic mass is 10.2. The van der Waals surface area contributed by atoms with Gasteiger partial charge in [0.05, 0.1) is 0 Å². The van der Waals surface area contributed by atoms with E-state index in [0.717, 1.165) is 10.5 Å². The third kappa shape index (κ3) is 3.69. The molecular weight excluding hydrogens is 282 g/mol. The first-order valence-corrected chi connectivity index (χ1v) is 7.04. The quantitative estimate of drug-likeness (QED) is 0.729. The smallest absolute Gasteiger partial charge is 0.327 e. The van der Waals surface area contributed by atoms with E-state index < -0.39 is 22.0 Å². The SMILES string of the molecule is C#CCC(Nc1ccc(S(=O)(=O)N(C)C)cn1)C(=O)O. The van der Waals surface area contributed by atoms with Crippen LogP contribution in [0.1, 0.15) is 6.42 Å². The molecule has 0 fully saturated rings. The standard InChI is InChI=1S/C12H15N3O4S/c1-4-5-10(12(16)17)14-11-7-6-9(8-13-11)20(18,19)15(2)3/h1,6-8,10H,5H2,2-3H3,(H,13,14)(H,16,17). The maximum Gasteiger partial charge on any atom is 0.327 e. The van der Waals surface area contributed by atoms with Crippen molar-refractivity contribution in [3.8, 4) is 12.3 Å². The third-order valence-electron chi connectivity index (χ3n) is 2.46. The van der Waals surface area contributed by atoms with Crippen molar-refractivity contribution >= 4 is 21.8 Å². The van der Waals surface area contributed by atoms with Crippen LogP contribution in [0, 0.1) is 12.3 Å². The molecule has 0 aliphatic heterocycles. The predicted octanol–water partition coefficient (Wildman–Crippen LogP) is 0.220. The van der Waals surface area contributed by atoms with Crippen LogP contribution in [0.25, 0.3) is 0 Å². The zero-order valence-corrected chi connectivity index (χ0v) is 11.9. The van der Waals surface area contributed by atoms with E-state index in [1.807, 2.05) is 0 Å². The first kappa shape index (κ1) is 15.9. The van der Waals surface area contributed by atoms with Gasteiger partial charge in [0.2, 0.25) is 10.0 Å². The van der Waals surface area contributed by atoms with Crippen LogP contribution in [0.2, 0.25) is 0 Å². The van der Waals surface area contributed by atoms with E-state index in [4.69, 9.17) is 11.5 Å². The van der Waals surface area contributed by atoms with Gasteiger partial charge < -0.3 is 10.4 Å². The Morgan fingerprint density at radius 2 is 2.20 bits per heavy atom. The molecule has 20 heavy (non-hydrogen) atoms. The minimum absolute atomic E-state index is 0.00520. The molecule has 1 atom stereocenters. The molecule has 0 aromatic carbocycles. The zero-order chi connectivity index (χ0) is 15.3. The van der Waals surface area contributed by atoms with Crippen LogP contribution in [0.15, 0.2) is 23.2 Å². The van der Waals surface area contributed by atoms with Crippen LogP contribution >= 0.6 is 0 Å². The highest BCUT2D eigenvalue weighted by Gasteiger charge is 2.19. The van der Waals surface area contributed by atoms with E-state index in [9.17, 15) is 13.2 Å². The first-order valence-electron chi connectivity index (χ1n) is 5.60. The van der Waals surface area contributed by atoms with Crippen molar-refractivity contribution in [2.75, 3.05) is 19.4 Å². The van der Waals surface area contributed by atoms with Gasteiger partial charge in [-0.2, -0.15) is 0 Å².